The molecule has 0 amide bonds. The van der Waals surface area contributed by atoms with Crippen LogP contribution in [0.5, 0.6) is 5.75 Å². The Balaban J connectivity index is 0.00000180. The summed E-state index contributed by atoms with van der Waals surface area (Å²) in [7, 11) is 0. The fourth-order valence-corrected chi connectivity index (χ4v) is 2.48. The zero-order valence-corrected chi connectivity index (χ0v) is 12.6. The van der Waals surface area contributed by atoms with Crippen LogP contribution in [-0.4, -0.2) is 37.7 Å². The van der Waals surface area contributed by atoms with Gasteiger partial charge in [-0.1, -0.05) is 17.7 Å². The maximum absolute atomic E-state index is 5.90. The highest BCUT2D eigenvalue weighted by atomic mass is 35.5. The standard InChI is InChI=1S/C14H21ClN2O.ClH/c15-13-2-1-3-14(10-13)18-9-8-17-6-4-12(11-16)5-7-17;/h1-3,10,12H,4-9,11,16H2;1H. The van der Waals surface area contributed by atoms with Gasteiger partial charge < -0.3 is 10.5 Å². The van der Waals surface area contributed by atoms with E-state index in [1.165, 1.54) is 12.8 Å². The van der Waals surface area contributed by atoms with Gasteiger partial charge in [0.2, 0.25) is 0 Å². The molecule has 0 aliphatic carbocycles. The fraction of sp³-hybridized carbons (Fsp3) is 0.571. The summed E-state index contributed by atoms with van der Waals surface area (Å²) in [6.45, 7) is 4.80. The van der Waals surface area contributed by atoms with Crippen molar-refractivity contribution in [3.63, 3.8) is 0 Å². The molecule has 3 nitrogen and oxygen atoms in total. The van der Waals surface area contributed by atoms with Crippen LogP contribution in [0.4, 0.5) is 0 Å². The highest BCUT2D eigenvalue weighted by Gasteiger charge is 2.17. The molecule has 1 fully saturated rings. The number of benzene rings is 1. The predicted molar refractivity (Wildman–Crippen MR) is 82.4 cm³/mol. The van der Waals surface area contributed by atoms with Crippen LogP contribution < -0.4 is 10.5 Å². The summed E-state index contributed by atoms with van der Waals surface area (Å²) < 4.78 is 5.69. The average molecular weight is 305 g/mol. The number of nitrogens with two attached hydrogens (primary N) is 1. The summed E-state index contributed by atoms with van der Waals surface area (Å²) in [6.07, 6.45) is 2.43. The lowest BCUT2D eigenvalue weighted by Gasteiger charge is -2.31. The van der Waals surface area contributed by atoms with E-state index in [1.54, 1.807) is 0 Å². The summed E-state index contributed by atoms with van der Waals surface area (Å²) in [5, 5.41) is 0.719. The Morgan fingerprint density at radius 1 is 1.32 bits per heavy atom. The number of rotatable bonds is 5. The Labute approximate surface area is 126 Å². The number of hydrogen-bond acceptors (Lipinski definition) is 3. The van der Waals surface area contributed by atoms with Gasteiger partial charge in [-0.2, -0.15) is 0 Å². The quantitative estimate of drug-likeness (QED) is 0.909. The molecule has 108 valence electrons. The van der Waals surface area contributed by atoms with Gasteiger partial charge in [-0.05, 0) is 56.6 Å². The predicted octanol–water partition coefficient (Wildman–Crippen LogP) is 2.81. The molecule has 1 heterocycles. The van der Waals surface area contributed by atoms with Gasteiger partial charge in [-0.25, -0.2) is 0 Å². The minimum atomic E-state index is 0. The van der Waals surface area contributed by atoms with Gasteiger partial charge in [0.25, 0.3) is 0 Å². The first kappa shape index (κ1) is 16.6. The van der Waals surface area contributed by atoms with E-state index in [0.29, 0.717) is 6.61 Å². The third-order valence-electron chi connectivity index (χ3n) is 3.51. The zero-order valence-electron chi connectivity index (χ0n) is 11.1. The Morgan fingerprint density at radius 2 is 2.05 bits per heavy atom. The molecule has 0 radical (unpaired) electrons. The number of halogens is 2. The number of likely N-dealkylation sites (tertiary alicyclic amines) is 1. The van der Waals surface area contributed by atoms with Crippen molar-refractivity contribution < 1.29 is 4.74 Å². The highest BCUT2D eigenvalue weighted by molar-refractivity contribution is 6.30. The molecular weight excluding hydrogens is 283 g/mol. The van der Waals surface area contributed by atoms with Crippen molar-refractivity contribution in [1.82, 2.24) is 4.90 Å². The highest BCUT2D eigenvalue weighted by Crippen LogP contribution is 2.18. The topological polar surface area (TPSA) is 38.5 Å². The molecular formula is C14H22Cl2N2O. The summed E-state index contributed by atoms with van der Waals surface area (Å²) in [6, 6.07) is 7.55. The van der Waals surface area contributed by atoms with Crippen molar-refractivity contribution in [2.24, 2.45) is 11.7 Å². The van der Waals surface area contributed by atoms with Crippen LogP contribution in [0.1, 0.15) is 12.8 Å². The summed E-state index contributed by atoms with van der Waals surface area (Å²) in [4.78, 5) is 2.44. The van der Waals surface area contributed by atoms with Crippen LogP contribution in [-0.2, 0) is 0 Å². The first-order valence-electron chi connectivity index (χ1n) is 6.58. The zero-order chi connectivity index (χ0) is 12.8. The van der Waals surface area contributed by atoms with Crippen molar-refractivity contribution >= 4 is 24.0 Å². The molecule has 1 aliphatic rings. The summed E-state index contributed by atoms with van der Waals surface area (Å²) in [5.74, 6) is 1.56. The number of nitrogens with zero attached hydrogens (tertiary/aromatic N) is 1. The van der Waals surface area contributed by atoms with Crippen molar-refractivity contribution in [2.45, 2.75) is 12.8 Å². The van der Waals surface area contributed by atoms with E-state index < -0.39 is 0 Å². The van der Waals surface area contributed by atoms with Crippen LogP contribution in [0.25, 0.3) is 0 Å². The minimum Gasteiger partial charge on any atom is -0.492 e. The number of piperidine rings is 1. The maximum Gasteiger partial charge on any atom is 0.120 e. The summed E-state index contributed by atoms with van der Waals surface area (Å²) >= 11 is 5.90. The molecule has 19 heavy (non-hydrogen) atoms. The number of ether oxygens (including phenoxy) is 1. The van der Waals surface area contributed by atoms with Gasteiger partial charge in [-0.3, -0.25) is 4.90 Å². The van der Waals surface area contributed by atoms with E-state index in [0.717, 1.165) is 42.9 Å². The van der Waals surface area contributed by atoms with Crippen LogP contribution >= 0.6 is 24.0 Å². The van der Waals surface area contributed by atoms with Gasteiger partial charge in [-0.15, -0.1) is 12.4 Å². The molecule has 1 aromatic carbocycles. The van der Waals surface area contributed by atoms with Crippen molar-refractivity contribution in [3.05, 3.63) is 29.3 Å². The molecule has 5 heteroatoms. The lowest BCUT2D eigenvalue weighted by atomic mass is 9.97. The molecule has 1 aromatic rings. The third kappa shape index (κ3) is 5.57. The van der Waals surface area contributed by atoms with Crippen molar-refractivity contribution in [2.75, 3.05) is 32.8 Å². The van der Waals surface area contributed by atoms with E-state index in [2.05, 4.69) is 4.90 Å². The second-order valence-electron chi connectivity index (χ2n) is 4.83. The Morgan fingerprint density at radius 3 is 2.68 bits per heavy atom. The van der Waals surface area contributed by atoms with E-state index in [4.69, 9.17) is 22.1 Å². The van der Waals surface area contributed by atoms with Crippen LogP contribution in [0.3, 0.4) is 0 Å². The lowest BCUT2D eigenvalue weighted by Crippen LogP contribution is -2.38. The molecule has 1 saturated heterocycles. The van der Waals surface area contributed by atoms with Crippen molar-refractivity contribution in [1.29, 1.82) is 0 Å². The third-order valence-corrected chi connectivity index (χ3v) is 3.75. The number of hydrogen-bond donors (Lipinski definition) is 1. The Hall–Kier alpha value is -0.480. The minimum absolute atomic E-state index is 0. The van der Waals surface area contributed by atoms with Crippen LogP contribution in [0.2, 0.25) is 5.02 Å². The second kappa shape index (κ2) is 8.64. The molecule has 0 atom stereocenters. The van der Waals surface area contributed by atoms with Gasteiger partial charge in [0.05, 0.1) is 0 Å². The molecule has 0 unspecified atom stereocenters. The molecule has 2 N–H and O–H groups in total. The SMILES string of the molecule is Cl.NCC1CCN(CCOc2cccc(Cl)c2)CC1. The summed E-state index contributed by atoms with van der Waals surface area (Å²) in [5.41, 5.74) is 5.68. The lowest BCUT2D eigenvalue weighted by molar-refractivity contribution is 0.157. The first-order chi connectivity index (χ1) is 8.78. The van der Waals surface area contributed by atoms with Gasteiger partial charge in [0.1, 0.15) is 12.4 Å². The molecule has 0 spiro atoms. The van der Waals surface area contributed by atoms with Gasteiger partial charge in [0.15, 0.2) is 0 Å². The van der Waals surface area contributed by atoms with E-state index in [1.807, 2.05) is 24.3 Å². The molecule has 0 saturated carbocycles. The fourth-order valence-electron chi connectivity index (χ4n) is 2.30. The molecule has 0 bridgehead atoms. The monoisotopic (exact) mass is 304 g/mol. The van der Waals surface area contributed by atoms with Crippen molar-refractivity contribution in [3.8, 4) is 5.75 Å². The molecule has 1 aliphatic heterocycles. The normalized spacial score (nSPS) is 16.9. The van der Waals surface area contributed by atoms with Crippen LogP contribution in [0, 0.1) is 5.92 Å². The maximum atomic E-state index is 5.90. The average Bonchev–Trinajstić information content (AvgIpc) is 2.40. The Bertz CT molecular complexity index is 368. The molecule has 2 rings (SSSR count). The first-order valence-corrected chi connectivity index (χ1v) is 6.96. The van der Waals surface area contributed by atoms with Crippen LogP contribution in [0.15, 0.2) is 24.3 Å². The largest absolute Gasteiger partial charge is 0.492 e. The smallest absolute Gasteiger partial charge is 0.120 e. The van der Waals surface area contributed by atoms with E-state index >= 15 is 0 Å². The van der Waals surface area contributed by atoms with Gasteiger partial charge in [0, 0.05) is 11.6 Å². The van der Waals surface area contributed by atoms with E-state index in [9.17, 15) is 0 Å². The molecule has 0 aromatic heterocycles. The Kier molecular flexibility index (Phi) is 7.54. The van der Waals surface area contributed by atoms with Gasteiger partial charge >= 0.3 is 0 Å². The van der Waals surface area contributed by atoms with E-state index in [-0.39, 0.29) is 12.4 Å². The second-order valence-corrected chi connectivity index (χ2v) is 5.26.